The molecule has 3 aromatic rings. The van der Waals surface area contributed by atoms with Crippen LogP contribution in [-0.2, 0) is 9.53 Å². The molecule has 0 radical (unpaired) electrons. The van der Waals surface area contributed by atoms with Crippen LogP contribution >= 0.6 is 0 Å². The molecule has 1 N–H and O–H groups in total. The minimum Gasteiger partial charge on any atom is -0.495 e. The number of fused-ring (bicyclic) bond motifs is 1. The Balaban J connectivity index is 1.56. The topological polar surface area (TPSA) is 124 Å². The second kappa shape index (κ2) is 9.74. The van der Waals surface area contributed by atoms with Crippen LogP contribution in [0.2, 0.25) is 0 Å². The number of pyridine rings is 1. The van der Waals surface area contributed by atoms with Crippen molar-refractivity contribution in [3.63, 3.8) is 0 Å². The summed E-state index contributed by atoms with van der Waals surface area (Å²) in [4.78, 5) is 43.1. The number of nitro groups is 1. The summed E-state index contributed by atoms with van der Waals surface area (Å²) in [7, 11) is 1.38. The first kappa shape index (κ1) is 23.0. The lowest BCUT2D eigenvalue weighted by molar-refractivity contribution is -0.384. The Labute approximate surface area is 195 Å². The molecule has 2 aromatic carbocycles. The van der Waals surface area contributed by atoms with Gasteiger partial charge in [0.15, 0.2) is 6.10 Å². The number of methoxy groups -OCH3 is 1. The van der Waals surface area contributed by atoms with Crippen molar-refractivity contribution in [2.24, 2.45) is 0 Å². The molecular formula is C24H24N4O6. The number of hydrogen-bond donors (Lipinski definition) is 1. The molecule has 1 aromatic heterocycles. The number of para-hydroxylation sites is 1. The zero-order valence-corrected chi connectivity index (χ0v) is 18.8. The molecule has 2 heterocycles. The molecule has 34 heavy (non-hydrogen) atoms. The molecule has 1 aliphatic heterocycles. The summed E-state index contributed by atoms with van der Waals surface area (Å²) in [6, 6.07) is 13.0. The first-order valence-electron chi connectivity index (χ1n) is 10.9. The largest absolute Gasteiger partial charge is 0.495 e. The zero-order valence-electron chi connectivity index (χ0n) is 18.8. The number of nitrogens with zero attached hydrogens (tertiary/aromatic N) is 3. The SMILES string of the molecule is COc1ccc([N+](=O)[O-])cc1NC(=O)C(C)OC(=O)c1cc2ccccc2nc1N1CCCC1. The summed E-state index contributed by atoms with van der Waals surface area (Å²) in [5.41, 5.74) is 0.950. The molecule has 1 amide bonds. The molecular weight excluding hydrogens is 440 g/mol. The zero-order chi connectivity index (χ0) is 24.2. The van der Waals surface area contributed by atoms with E-state index in [0.29, 0.717) is 5.82 Å². The standard InChI is InChI=1S/C24H24N4O6/c1-15(23(29)26-20-14-17(28(31)32)9-10-21(20)33-2)34-24(30)18-13-16-7-3-4-8-19(16)25-22(18)27-11-5-6-12-27/h3-4,7-10,13-15H,5-6,11-12H2,1-2H3,(H,26,29). The predicted octanol–water partition coefficient (Wildman–Crippen LogP) is 3.94. The van der Waals surface area contributed by atoms with E-state index in [1.54, 1.807) is 6.07 Å². The predicted molar refractivity (Wildman–Crippen MR) is 126 cm³/mol. The number of esters is 1. The van der Waals surface area contributed by atoms with Crippen molar-refractivity contribution in [1.29, 1.82) is 0 Å². The number of non-ortho nitro benzene ring substituents is 1. The highest BCUT2D eigenvalue weighted by Crippen LogP contribution is 2.30. The lowest BCUT2D eigenvalue weighted by atomic mass is 10.1. The quantitative estimate of drug-likeness (QED) is 0.317. The van der Waals surface area contributed by atoms with Crippen LogP contribution in [0.5, 0.6) is 5.75 Å². The summed E-state index contributed by atoms with van der Waals surface area (Å²) in [5, 5.41) is 14.4. The number of rotatable bonds is 7. The van der Waals surface area contributed by atoms with Crippen LogP contribution in [0, 0.1) is 10.1 Å². The third-order valence-corrected chi connectivity index (χ3v) is 5.63. The summed E-state index contributed by atoms with van der Waals surface area (Å²) in [6.07, 6.45) is 0.842. The fourth-order valence-corrected chi connectivity index (χ4v) is 3.85. The monoisotopic (exact) mass is 464 g/mol. The van der Waals surface area contributed by atoms with Gasteiger partial charge in [0, 0.05) is 30.6 Å². The number of nitrogens with one attached hydrogen (secondary N) is 1. The highest BCUT2D eigenvalue weighted by Gasteiger charge is 2.26. The number of carbonyl (C=O) groups is 2. The van der Waals surface area contributed by atoms with Crippen LogP contribution in [0.4, 0.5) is 17.2 Å². The fraction of sp³-hybridized carbons (Fsp3) is 0.292. The van der Waals surface area contributed by atoms with E-state index >= 15 is 0 Å². The Morgan fingerprint density at radius 3 is 2.59 bits per heavy atom. The molecule has 0 saturated carbocycles. The third kappa shape index (κ3) is 4.75. The summed E-state index contributed by atoms with van der Waals surface area (Å²) in [6.45, 7) is 3.00. The maximum atomic E-state index is 13.1. The van der Waals surface area contributed by atoms with E-state index in [0.717, 1.165) is 36.8 Å². The van der Waals surface area contributed by atoms with Gasteiger partial charge in [0.1, 0.15) is 17.1 Å². The van der Waals surface area contributed by atoms with Crippen molar-refractivity contribution in [3.8, 4) is 5.75 Å². The van der Waals surface area contributed by atoms with E-state index in [4.69, 9.17) is 14.5 Å². The number of benzene rings is 2. The molecule has 4 rings (SSSR count). The molecule has 1 fully saturated rings. The van der Waals surface area contributed by atoms with Gasteiger partial charge in [-0.25, -0.2) is 9.78 Å². The number of carbonyl (C=O) groups excluding carboxylic acids is 2. The molecule has 1 unspecified atom stereocenters. The summed E-state index contributed by atoms with van der Waals surface area (Å²) < 4.78 is 10.6. The van der Waals surface area contributed by atoms with E-state index in [-0.39, 0.29) is 22.7 Å². The Morgan fingerprint density at radius 1 is 1.15 bits per heavy atom. The lowest BCUT2D eigenvalue weighted by Gasteiger charge is -2.21. The van der Waals surface area contributed by atoms with Crippen LogP contribution in [0.3, 0.4) is 0 Å². The summed E-state index contributed by atoms with van der Waals surface area (Å²) >= 11 is 0. The highest BCUT2D eigenvalue weighted by molar-refractivity contribution is 6.02. The van der Waals surface area contributed by atoms with Crippen molar-refractivity contribution in [1.82, 2.24) is 4.98 Å². The first-order chi connectivity index (χ1) is 16.4. The second-order valence-corrected chi connectivity index (χ2v) is 7.92. The van der Waals surface area contributed by atoms with E-state index in [1.807, 2.05) is 29.2 Å². The summed E-state index contributed by atoms with van der Waals surface area (Å²) in [5.74, 6) is -0.542. The molecule has 0 aliphatic carbocycles. The first-order valence-corrected chi connectivity index (χ1v) is 10.9. The van der Waals surface area contributed by atoms with Gasteiger partial charge in [-0.05, 0) is 38.0 Å². The van der Waals surface area contributed by atoms with Crippen molar-refractivity contribution in [2.45, 2.75) is 25.9 Å². The smallest absolute Gasteiger partial charge is 0.342 e. The molecule has 10 heteroatoms. The fourth-order valence-electron chi connectivity index (χ4n) is 3.85. The van der Waals surface area contributed by atoms with Gasteiger partial charge in [-0.3, -0.25) is 14.9 Å². The van der Waals surface area contributed by atoms with E-state index < -0.39 is 22.9 Å². The highest BCUT2D eigenvalue weighted by atomic mass is 16.6. The van der Waals surface area contributed by atoms with E-state index in [2.05, 4.69) is 5.32 Å². The van der Waals surface area contributed by atoms with Crippen molar-refractivity contribution < 1.29 is 24.0 Å². The number of ether oxygens (including phenoxy) is 2. The number of hydrogen-bond acceptors (Lipinski definition) is 8. The van der Waals surface area contributed by atoms with Crippen molar-refractivity contribution in [3.05, 3.63) is 64.2 Å². The number of amides is 1. The number of anilines is 2. The lowest BCUT2D eigenvalue weighted by Crippen LogP contribution is -2.31. The van der Waals surface area contributed by atoms with E-state index in [9.17, 15) is 19.7 Å². The minimum absolute atomic E-state index is 0.106. The Morgan fingerprint density at radius 2 is 1.88 bits per heavy atom. The van der Waals surface area contributed by atoms with Crippen LogP contribution in [-0.4, -0.2) is 48.1 Å². The Hall–Kier alpha value is -4.21. The molecule has 0 spiro atoms. The van der Waals surface area contributed by atoms with E-state index in [1.165, 1.54) is 32.2 Å². The second-order valence-electron chi connectivity index (χ2n) is 7.92. The Bertz CT molecular complexity index is 1260. The molecule has 1 atom stereocenters. The maximum Gasteiger partial charge on any atom is 0.342 e. The average Bonchev–Trinajstić information content (AvgIpc) is 3.38. The van der Waals surface area contributed by atoms with Gasteiger partial charge >= 0.3 is 5.97 Å². The molecule has 0 bridgehead atoms. The van der Waals surface area contributed by atoms with Crippen LogP contribution in [0.25, 0.3) is 10.9 Å². The molecule has 1 aliphatic rings. The van der Waals surface area contributed by atoms with Crippen LogP contribution in [0.1, 0.15) is 30.1 Å². The van der Waals surface area contributed by atoms with Crippen LogP contribution < -0.4 is 15.0 Å². The third-order valence-electron chi connectivity index (χ3n) is 5.63. The number of nitro benzene ring substituents is 1. The number of aromatic nitrogens is 1. The Kier molecular flexibility index (Phi) is 6.58. The molecule has 176 valence electrons. The maximum absolute atomic E-state index is 13.1. The minimum atomic E-state index is -1.17. The van der Waals surface area contributed by atoms with Crippen molar-refractivity contribution in [2.75, 3.05) is 30.4 Å². The van der Waals surface area contributed by atoms with Gasteiger partial charge in [-0.15, -0.1) is 0 Å². The normalized spacial score (nSPS) is 14.0. The molecule has 10 nitrogen and oxygen atoms in total. The van der Waals surface area contributed by atoms with Gasteiger partial charge in [0.25, 0.3) is 11.6 Å². The van der Waals surface area contributed by atoms with Gasteiger partial charge < -0.3 is 19.7 Å². The van der Waals surface area contributed by atoms with Crippen LogP contribution in [0.15, 0.2) is 48.5 Å². The van der Waals surface area contributed by atoms with Crippen molar-refractivity contribution >= 4 is 40.0 Å². The van der Waals surface area contributed by atoms with Gasteiger partial charge in [-0.1, -0.05) is 18.2 Å². The average molecular weight is 464 g/mol. The van der Waals surface area contributed by atoms with Gasteiger partial charge in [0.05, 0.1) is 23.2 Å². The van der Waals surface area contributed by atoms with Gasteiger partial charge in [0.2, 0.25) is 0 Å². The van der Waals surface area contributed by atoms with Gasteiger partial charge in [-0.2, -0.15) is 0 Å². The molecule has 1 saturated heterocycles.